The lowest BCUT2D eigenvalue weighted by Gasteiger charge is -2.45. The average Bonchev–Trinajstić information content (AvgIpc) is 2.46. The monoisotopic (exact) mass is 281 g/mol. The Bertz CT molecular complexity index is 274. The molecule has 0 radical (unpaired) electrons. The second-order valence-electron chi connectivity index (χ2n) is 7.46. The van der Waals surface area contributed by atoms with E-state index >= 15 is 0 Å². The lowest BCUT2D eigenvalue weighted by atomic mass is 9.80. The molecule has 0 atom stereocenters. The Morgan fingerprint density at radius 1 is 1.10 bits per heavy atom. The first-order valence-corrected chi connectivity index (χ1v) is 8.68. The molecule has 2 aliphatic rings. The minimum Gasteiger partial charge on any atom is -0.312 e. The van der Waals surface area contributed by atoms with Gasteiger partial charge in [-0.15, -0.1) is 0 Å². The average molecular weight is 281 g/mol. The molecular weight excluding hydrogens is 246 g/mol. The third-order valence-electron chi connectivity index (χ3n) is 5.71. The number of hydrogen-bond donors (Lipinski definition) is 1. The number of likely N-dealkylation sites (N-methyl/N-ethyl adjacent to an activating group) is 1. The van der Waals surface area contributed by atoms with E-state index in [1.54, 1.807) is 0 Å². The van der Waals surface area contributed by atoms with Gasteiger partial charge in [-0.2, -0.15) is 0 Å². The predicted octanol–water partition coefficient (Wildman–Crippen LogP) is 2.71. The van der Waals surface area contributed by atoms with Crippen LogP contribution in [0, 0.1) is 0 Å². The van der Waals surface area contributed by atoms with Gasteiger partial charge < -0.3 is 15.1 Å². The maximum atomic E-state index is 3.90. The molecule has 1 aliphatic carbocycles. The van der Waals surface area contributed by atoms with Crippen molar-refractivity contribution in [1.82, 2.24) is 15.1 Å². The number of nitrogens with zero attached hydrogens (tertiary/aromatic N) is 2. The SMILES string of the molecule is CC(C)N1CCC(NCC2(N(C)C)CCCCC2)CC1. The van der Waals surface area contributed by atoms with Gasteiger partial charge in [0.1, 0.15) is 0 Å². The summed E-state index contributed by atoms with van der Waals surface area (Å²) in [5.41, 5.74) is 0.424. The third-order valence-corrected chi connectivity index (χ3v) is 5.71. The van der Waals surface area contributed by atoms with Crippen molar-refractivity contribution in [3.63, 3.8) is 0 Å². The van der Waals surface area contributed by atoms with E-state index < -0.39 is 0 Å². The highest BCUT2D eigenvalue weighted by Gasteiger charge is 2.34. The van der Waals surface area contributed by atoms with Crippen molar-refractivity contribution < 1.29 is 0 Å². The fraction of sp³-hybridized carbons (Fsp3) is 1.00. The number of hydrogen-bond acceptors (Lipinski definition) is 3. The summed E-state index contributed by atoms with van der Waals surface area (Å²) >= 11 is 0. The number of likely N-dealkylation sites (tertiary alicyclic amines) is 1. The van der Waals surface area contributed by atoms with E-state index in [4.69, 9.17) is 0 Å². The first-order valence-electron chi connectivity index (χ1n) is 8.68. The van der Waals surface area contributed by atoms with Crippen LogP contribution in [0.3, 0.4) is 0 Å². The van der Waals surface area contributed by atoms with Crippen molar-refractivity contribution in [1.29, 1.82) is 0 Å². The molecule has 0 aromatic heterocycles. The van der Waals surface area contributed by atoms with Crippen LogP contribution in [0.2, 0.25) is 0 Å². The Kier molecular flexibility index (Phi) is 5.88. The molecular formula is C17H35N3. The molecule has 3 heteroatoms. The molecule has 0 aromatic rings. The molecule has 1 N–H and O–H groups in total. The first kappa shape index (κ1) is 16.3. The maximum Gasteiger partial charge on any atom is 0.0327 e. The Morgan fingerprint density at radius 3 is 2.20 bits per heavy atom. The van der Waals surface area contributed by atoms with Crippen LogP contribution in [-0.4, -0.2) is 61.2 Å². The first-order chi connectivity index (χ1) is 9.53. The molecule has 0 spiro atoms. The smallest absolute Gasteiger partial charge is 0.0327 e. The van der Waals surface area contributed by atoms with Crippen molar-refractivity contribution in [3.05, 3.63) is 0 Å². The quantitative estimate of drug-likeness (QED) is 0.836. The molecule has 1 saturated carbocycles. The molecule has 0 aromatic carbocycles. The molecule has 0 unspecified atom stereocenters. The van der Waals surface area contributed by atoms with Crippen LogP contribution in [-0.2, 0) is 0 Å². The van der Waals surface area contributed by atoms with Gasteiger partial charge in [0.15, 0.2) is 0 Å². The van der Waals surface area contributed by atoms with Gasteiger partial charge in [0.2, 0.25) is 0 Å². The highest BCUT2D eigenvalue weighted by atomic mass is 15.2. The van der Waals surface area contributed by atoms with Gasteiger partial charge in [0.05, 0.1) is 0 Å². The molecule has 20 heavy (non-hydrogen) atoms. The van der Waals surface area contributed by atoms with E-state index in [0.717, 1.165) is 6.04 Å². The highest BCUT2D eigenvalue weighted by molar-refractivity contribution is 4.94. The van der Waals surface area contributed by atoms with Gasteiger partial charge in [-0.1, -0.05) is 19.3 Å². The van der Waals surface area contributed by atoms with Crippen LogP contribution in [0.1, 0.15) is 58.8 Å². The van der Waals surface area contributed by atoms with Crippen molar-refractivity contribution in [2.24, 2.45) is 0 Å². The molecule has 1 heterocycles. The summed E-state index contributed by atoms with van der Waals surface area (Å²) in [7, 11) is 4.54. The summed E-state index contributed by atoms with van der Waals surface area (Å²) in [5.74, 6) is 0. The van der Waals surface area contributed by atoms with Crippen LogP contribution in [0.4, 0.5) is 0 Å². The molecule has 3 nitrogen and oxygen atoms in total. The molecule has 2 fully saturated rings. The number of piperidine rings is 1. The molecule has 1 saturated heterocycles. The van der Waals surface area contributed by atoms with Crippen molar-refractivity contribution in [2.45, 2.75) is 76.4 Å². The second kappa shape index (κ2) is 7.24. The minimum absolute atomic E-state index is 0.424. The normalized spacial score (nSPS) is 25.5. The topological polar surface area (TPSA) is 18.5 Å². The van der Waals surface area contributed by atoms with Crippen LogP contribution < -0.4 is 5.32 Å². The van der Waals surface area contributed by atoms with E-state index in [-0.39, 0.29) is 0 Å². The molecule has 1 aliphatic heterocycles. The fourth-order valence-electron chi connectivity index (χ4n) is 3.95. The molecule has 0 amide bonds. The highest BCUT2D eigenvalue weighted by Crippen LogP contribution is 2.32. The van der Waals surface area contributed by atoms with Crippen LogP contribution >= 0.6 is 0 Å². The van der Waals surface area contributed by atoms with Gasteiger partial charge >= 0.3 is 0 Å². The van der Waals surface area contributed by atoms with E-state index in [1.807, 2.05) is 0 Å². The van der Waals surface area contributed by atoms with E-state index in [0.29, 0.717) is 11.6 Å². The Hall–Kier alpha value is -0.120. The standard InChI is InChI=1S/C17H35N3/c1-15(2)20-12-8-16(9-13-20)18-14-17(19(3)4)10-6-5-7-11-17/h15-16,18H,5-14H2,1-4H3. The van der Waals surface area contributed by atoms with E-state index in [1.165, 1.54) is 64.6 Å². The Morgan fingerprint density at radius 2 is 1.70 bits per heavy atom. The van der Waals surface area contributed by atoms with Crippen molar-refractivity contribution >= 4 is 0 Å². The predicted molar refractivity (Wildman–Crippen MR) is 87.2 cm³/mol. The summed E-state index contributed by atoms with van der Waals surface area (Å²) in [5, 5.41) is 3.90. The lowest BCUT2D eigenvalue weighted by molar-refractivity contribution is 0.0871. The number of rotatable bonds is 5. The summed E-state index contributed by atoms with van der Waals surface area (Å²) < 4.78 is 0. The molecule has 2 rings (SSSR count). The molecule has 0 bridgehead atoms. The zero-order chi connectivity index (χ0) is 14.6. The van der Waals surface area contributed by atoms with Crippen LogP contribution in [0.25, 0.3) is 0 Å². The molecule has 118 valence electrons. The minimum atomic E-state index is 0.424. The largest absolute Gasteiger partial charge is 0.312 e. The zero-order valence-corrected chi connectivity index (χ0v) is 14.1. The Labute approximate surface area is 126 Å². The van der Waals surface area contributed by atoms with Gasteiger partial charge in [0, 0.05) is 24.2 Å². The Balaban J connectivity index is 1.79. The maximum absolute atomic E-state index is 3.90. The third kappa shape index (κ3) is 3.96. The van der Waals surface area contributed by atoms with Crippen LogP contribution in [0.5, 0.6) is 0 Å². The van der Waals surface area contributed by atoms with E-state index in [9.17, 15) is 0 Å². The summed E-state index contributed by atoms with van der Waals surface area (Å²) in [6, 6.07) is 1.45. The summed E-state index contributed by atoms with van der Waals surface area (Å²) in [6.07, 6.45) is 9.64. The fourth-order valence-corrected chi connectivity index (χ4v) is 3.95. The van der Waals surface area contributed by atoms with Gasteiger partial charge in [-0.25, -0.2) is 0 Å². The van der Waals surface area contributed by atoms with Gasteiger partial charge in [-0.05, 0) is 66.7 Å². The zero-order valence-electron chi connectivity index (χ0n) is 14.1. The van der Waals surface area contributed by atoms with Crippen molar-refractivity contribution in [2.75, 3.05) is 33.7 Å². The second-order valence-corrected chi connectivity index (χ2v) is 7.46. The number of nitrogens with one attached hydrogen (secondary N) is 1. The van der Waals surface area contributed by atoms with E-state index in [2.05, 4.69) is 43.1 Å². The van der Waals surface area contributed by atoms with Gasteiger partial charge in [-0.3, -0.25) is 0 Å². The lowest BCUT2D eigenvalue weighted by Crippen LogP contribution is -2.56. The summed E-state index contributed by atoms with van der Waals surface area (Å²) in [6.45, 7) is 8.36. The summed E-state index contributed by atoms with van der Waals surface area (Å²) in [4.78, 5) is 5.10. The van der Waals surface area contributed by atoms with Gasteiger partial charge in [0.25, 0.3) is 0 Å². The van der Waals surface area contributed by atoms with Crippen LogP contribution in [0.15, 0.2) is 0 Å². The van der Waals surface area contributed by atoms with Crippen molar-refractivity contribution in [3.8, 4) is 0 Å².